The maximum absolute atomic E-state index is 12.2. The van der Waals surface area contributed by atoms with Gasteiger partial charge >= 0.3 is 5.63 Å². The second kappa shape index (κ2) is 8.59. The van der Waals surface area contributed by atoms with Gasteiger partial charge in [-0.05, 0) is 42.0 Å². The van der Waals surface area contributed by atoms with Gasteiger partial charge in [-0.2, -0.15) is 0 Å². The van der Waals surface area contributed by atoms with Gasteiger partial charge in [0.2, 0.25) is 0 Å². The number of nitrogens with one attached hydrogen (secondary N) is 1. The number of benzene rings is 3. The zero-order valence-electron chi connectivity index (χ0n) is 17.5. The zero-order chi connectivity index (χ0) is 21.1. The van der Waals surface area contributed by atoms with E-state index in [0.29, 0.717) is 18.7 Å². The summed E-state index contributed by atoms with van der Waals surface area (Å²) in [5, 5.41) is 3.25. The first-order chi connectivity index (χ1) is 14.6. The monoisotopic (exact) mass is 404 g/mol. The summed E-state index contributed by atoms with van der Waals surface area (Å²) in [7, 11) is 3.77. The third kappa shape index (κ3) is 4.02. The third-order valence-corrected chi connectivity index (χ3v) is 5.24. The maximum atomic E-state index is 12.2. The van der Waals surface area contributed by atoms with Crippen molar-refractivity contribution in [3.05, 3.63) is 82.2 Å². The molecule has 0 saturated heterocycles. The number of rotatable bonds is 7. The first-order valence-electron chi connectivity index (χ1n) is 10.1. The van der Waals surface area contributed by atoms with Crippen LogP contribution in [0.4, 0.5) is 0 Å². The Morgan fingerprint density at radius 2 is 1.80 bits per heavy atom. The van der Waals surface area contributed by atoms with Gasteiger partial charge in [0.15, 0.2) is 11.5 Å². The fourth-order valence-corrected chi connectivity index (χ4v) is 3.99. The lowest BCUT2D eigenvalue weighted by Crippen LogP contribution is -3.06. The van der Waals surface area contributed by atoms with Crippen LogP contribution in [0.2, 0.25) is 0 Å². The largest absolute Gasteiger partial charge is 0.493 e. The second-order valence-corrected chi connectivity index (χ2v) is 7.48. The number of methoxy groups -OCH3 is 1. The van der Waals surface area contributed by atoms with Crippen molar-refractivity contribution in [1.29, 1.82) is 0 Å². The molecule has 154 valence electrons. The van der Waals surface area contributed by atoms with Crippen LogP contribution in [0.3, 0.4) is 0 Å². The molecular weight excluding hydrogens is 378 g/mol. The van der Waals surface area contributed by atoms with Gasteiger partial charge in [0.05, 0.1) is 20.8 Å². The van der Waals surface area contributed by atoms with Gasteiger partial charge in [0.25, 0.3) is 0 Å². The Morgan fingerprint density at radius 1 is 0.967 bits per heavy atom. The molecule has 0 radical (unpaired) electrons. The van der Waals surface area contributed by atoms with E-state index in [2.05, 4.69) is 25.2 Å². The molecule has 1 N–H and O–H groups in total. The minimum absolute atomic E-state index is 0.316. The van der Waals surface area contributed by atoms with Crippen LogP contribution in [-0.4, -0.2) is 20.8 Å². The normalized spacial score (nSPS) is 12.2. The van der Waals surface area contributed by atoms with E-state index in [1.807, 2.05) is 43.3 Å². The van der Waals surface area contributed by atoms with E-state index in [1.54, 1.807) is 13.2 Å². The Bertz CT molecular complexity index is 1250. The van der Waals surface area contributed by atoms with Crippen LogP contribution in [-0.2, 0) is 13.1 Å². The predicted molar refractivity (Wildman–Crippen MR) is 118 cm³/mol. The molecule has 1 unspecified atom stereocenters. The molecule has 0 spiro atoms. The van der Waals surface area contributed by atoms with E-state index in [9.17, 15) is 4.79 Å². The van der Waals surface area contributed by atoms with Gasteiger partial charge in [-0.1, -0.05) is 30.3 Å². The molecule has 1 aromatic heterocycles. The van der Waals surface area contributed by atoms with Crippen LogP contribution in [0.1, 0.15) is 18.1 Å². The van der Waals surface area contributed by atoms with E-state index in [-0.39, 0.29) is 5.63 Å². The summed E-state index contributed by atoms with van der Waals surface area (Å²) in [5.74, 6) is 1.48. The molecule has 0 aliphatic rings. The second-order valence-electron chi connectivity index (χ2n) is 7.48. The summed E-state index contributed by atoms with van der Waals surface area (Å²) in [6.45, 7) is 4.04. The van der Waals surface area contributed by atoms with Crippen molar-refractivity contribution in [3.63, 3.8) is 0 Å². The summed E-state index contributed by atoms with van der Waals surface area (Å²) in [5.41, 5.74) is 2.45. The summed E-state index contributed by atoms with van der Waals surface area (Å²) < 4.78 is 16.6. The van der Waals surface area contributed by atoms with Gasteiger partial charge in [-0.15, -0.1) is 0 Å². The first-order valence-corrected chi connectivity index (χ1v) is 10.1. The number of quaternary nitrogens is 1. The van der Waals surface area contributed by atoms with E-state index in [0.717, 1.165) is 45.3 Å². The van der Waals surface area contributed by atoms with Gasteiger partial charge in [-0.25, -0.2) is 4.79 Å². The van der Waals surface area contributed by atoms with Crippen molar-refractivity contribution in [1.82, 2.24) is 0 Å². The standard InChI is InChI=1S/C25H25NO4/c1-4-29-21-11-9-17(13-23(21)28-3)15-26(2)16-19-14-24(27)30-22-12-10-18-7-5-6-8-20(18)25(19)22/h5-14H,4,15-16H2,1-3H3/p+1. The lowest BCUT2D eigenvalue weighted by atomic mass is 10.0. The highest BCUT2D eigenvalue weighted by atomic mass is 16.5. The Hall–Kier alpha value is -3.31. The topological polar surface area (TPSA) is 53.1 Å². The molecule has 0 saturated carbocycles. The summed E-state index contributed by atoms with van der Waals surface area (Å²) in [4.78, 5) is 13.4. The average molecular weight is 404 g/mol. The van der Waals surface area contributed by atoms with Gasteiger partial charge < -0.3 is 18.8 Å². The van der Waals surface area contributed by atoms with Crippen LogP contribution < -0.4 is 20.0 Å². The minimum atomic E-state index is -0.316. The molecule has 0 aliphatic heterocycles. The van der Waals surface area contributed by atoms with Crippen LogP contribution in [0.15, 0.2) is 69.9 Å². The Kier molecular flexibility index (Phi) is 5.72. The van der Waals surface area contributed by atoms with Crippen molar-refractivity contribution >= 4 is 21.7 Å². The molecular formula is C25H26NO4+. The lowest BCUT2D eigenvalue weighted by Gasteiger charge is -2.17. The quantitative estimate of drug-likeness (QED) is 0.378. The van der Waals surface area contributed by atoms with Crippen molar-refractivity contribution in [2.45, 2.75) is 20.0 Å². The minimum Gasteiger partial charge on any atom is -0.493 e. The van der Waals surface area contributed by atoms with E-state index >= 15 is 0 Å². The fourth-order valence-electron chi connectivity index (χ4n) is 3.99. The highest BCUT2D eigenvalue weighted by Gasteiger charge is 2.15. The molecule has 5 nitrogen and oxygen atoms in total. The molecule has 3 aromatic carbocycles. The van der Waals surface area contributed by atoms with Crippen LogP contribution >= 0.6 is 0 Å². The van der Waals surface area contributed by atoms with E-state index in [4.69, 9.17) is 13.9 Å². The maximum Gasteiger partial charge on any atom is 0.336 e. The Labute approximate surface area is 175 Å². The van der Waals surface area contributed by atoms with Gasteiger partial charge in [-0.3, -0.25) is 0 Å². The molecule has 4 aromatic rings. The summed E-state index contributed by atoms with van der Waals surface area (Å²) >= 11 is 0. The number of hydrogen-bond donors (Lipinski definition) is 1. The predicted octanol–water partition coefficient (Wildman–Crippen LogP) is 3.57. The molecule has 1 heterocycles. The molecule has 0 fully saturated rings. The van der Waals surface area contributed by atoms with Gasteiger partial charge in [0, 0.05) is 22.6 Å². The van der Waals surface area contributed by atoms with Crippen molar-refractivity contribution in [2.24, 2.45) is 0 Å². The molecule has 0 bridgehead atoms. The van der Waals surface area contributed by atoms with Crippen molar-refractivity contribution < 1.29 is 18.8 Å². The Balaban J connectivity index is 1.66. The number of hydrogen-bond acceptors (Lipinski definition) is 4. The molecule has 0 amide bonds. The molecule has 1 atom stereocenters. The molecule has 0 aliphatic carbocycles. The van der Waals surface area contributed by atoms with Crippen LogP contribution in [0.5, 0.6) is 11.5 Å². The smallest absolute Gasteiger partial charge is 0.336 e. The van der Waals surface area contributed by atoms with Crippen molar-refractivity contribution in [3.8, 4) is 11.5 Å². The number of fused-ring (bicyclic) bond motifs is 3. The lowest BCUT2D eigenvalue weighted by molar-refractivity contribution is -0.907. The summed E-state index contributed by atoms with van der Waals surface area (Å²) in [6, 6.07) is 19.7. The third-order valence-electron chi connectivity index (χ3n) is 5.24. The fraction of sp³-hybridized carbons (Fsp3) is 0.240. The SMILES string of the molecule is CCOc1ccc(C[NH+](C)Cc2cc(=O)oc3ccc4ccccc4c23)cc1OC. The molecule has 30 heavy (non-hydrogen) atoms. The molecule has 4 rings (SSSR count). The van der Waals surface area contributed by atoms with E-state index < -0.39 is 0 Å². The van der Waals surface area contributed by atoms with Crippen LogP contribution in [0, 0.1) is 0 Å². The number of ether oxygens (including phenoxy) is 2. The van der Waals surface area contributed by atoms with E-state index in [1.165, 1.54) is 4.90 Å². The van der Waals surface area contributed by atoms with Gasteiger partial charge in [0.1, 0.15) is 18.7 Å². The molecule has 5 heteroatoms. The van der Waals surface area contributed by atoms with Crippen LogP contribution in [0.25, 0.3) is 21.7 Å². The average Bonchev–Trinajstić information content (AvgIpc) is 2.74. The van der Waals surface area contributed by atoms with Crippen molar-refractivity contribution in [2.75, 3.05) is 20.8 Å². The Morgan fingerprint density at radius 3 is 2.60 bits per heavy atom. The summed E-state index contributed by atoms with van der Waals surface area (Å²) in [6.07, 6.45) is 0. The highest BCUT2D eigenvalue weighted by molar-refractivity contribution is 6.06. The first kappa shape index (κ1) is 20.0. The highest BCUT2D eigenvalue weighted by Crippen LogP contribution is 2.28. The zero-order valence-corrected chi connectivity index (χ0v) is 17.5.